The Bertz CT molecular complexity index is 918. The van der Waals surface area contributed by atoms with Crippen molar-refractivity contribution < 1.29 is 14.3 Å². The Kier molecular flexibility index (Phi) is 7.43. The second kappa shape index (κ2) is 10.6. The van der Waals surface area contributed by atoms with Gasteiger partial charge in [-0.3, -0.25) is 14.5 Å². The molecule has 2 amide bonds. The SMILES string of the molecule is COc1cccc(CCC(=O)N2CCCN(C3CCN(Cc4ccccc4)C3=O)CC2)c1. The van der Waals surface area contributed by atoms with Gasteiger partial charge in [0, 0.05) is 45.7 Å². The summed E-state index contributed by atoms with van der Waals surface area (Å²) in [6, 6.07) is 18.0. The second-order valence-corrected chi connectivity index (χ2v) is 8.67. The molecule has 0 N–H and O–H groups in total. The highest BCUT2D eigenvalue weighted by molar-refractivity contribution is 5.84. The van der Waals surface area contributed by atoms with Crippen LogP contribution in [0.1, 0.15) is 30.4 Å². The van der Waals surface area contributed by atoms with Crippen molar-refractivity contribution in [2.75, 3.05) is 39.8 Å². The van der Waals surface area contributed by atoms with E-state index in [1.807, 2.05) is 52.3 Å². The first kappa shape index (κ1) is 22.3. The minimum Gasteiger partial charge on any atom is -0.497 e. The fourth-order valence-corrected chi connectivity index (χ4v) is 4.76. The average Bonchev–Trinajstić information content (AvgIpc) is 3.02. The molecule has 0 spiro atoms. The zero-order valence-electron chi connectivity index (χ0n) is 18.9. The van der Waals surface area contributed by atoms with E-state index in [1.54, 1.807) is 7.11 Å². The molecule has 1 atom stereocenters. The Morgan fingerprint density at radius 3 is 2.59 bits per heavy atom. The maximum Gasteiger partial charge on any atom is 0.240 e. The molecule has 2 saturated heterocycles. The van der Waals surface area contributed by atoms with Crippen molar-refractivity contribution in [2.24, 2.45) is 0 Å². The van der Waals surface area contributed by atoms with E-state index in [4.69, 9.17) is 4.74 Å². The van der Waals surface area contributed by atoms with Crippen molar-refractivity contribution in [3.05, 3.63) is 65.7 Å². The zero-order chi connectivity index (χ0) is 22.3. The highest BCUT2D eigenvalue weighted by Crippen LogP contribution is 2.21. The lowest BCUT2D eigenvalue weighted by Crippen LogP contribution is -2.44. The predicted molar refractivity (Wildman–Crippen MR) is 124 cm³/mol. The number of likely N-dealkylation sites (tertiary alicyclic amines) is 1. The van der Waals surface area contributed by atoms with E-state index in [1.165, 1.54) is 5.56 Å². The molecule has 0 saturated carbocycles. The van der Waals surface area contributed by atoms with Crippen molar-refractivity contribution in [1.29, 1.82) is 0 Å². The number of rotatable bonds is 7. The number of hydrogen-bond acceptors (Lipinski definition) is 4. The number of carbonyl (C=O) groups is 2. The lowest BCUT2D eigenvalue weighted by Gasteiger charge is -2.26. The molecule has 32 heavy (non-hydrogen) atoms. The third kappa shape index (κ3) is 5.49. The van der Waals surface area contributed by atoms with Gasteiger partial charge >= 0.3 is 0 Å². The number of nitrogens with zero attached hydrogens (tertiary/aromatic N) is 3. The van der Waals surface area contributed by atoms with Gasteiger partial charge in [0.2, 0.25) is 11.8 Å². The van der Waals surface area contributed by atoms with Gasteiger partial charge < -0.3 is 14.5 Å². The summed E-state index contributed by atoms with van der Waals surface area (Å²) >= 11 is 0. The van der Waals surface area contributed by atoms with E-state index in [0.717, 1.165) is 50.3 Å². The van der Waals surface area contributed by atoms with Gasteiger partial charge in [0.15, 0.2) is 0 Å². The first-order chi connectivity index (χ1) is 15.6. The largest absolute Gasteiger partial charge is 0.497 e. The molecule has 2 fully saturated rings. The third-order valence-electron chi connectivity index (χ3n) is 6.57. The fourth-order valence-electron chi connectivity index (χ4n) is 4.76. The third-order valence-corrected chi connectivity index (χ3v) is 6.57. The van der Waals surface area contributed by atoms with Gasteiger partial charge in [-0.05, 0) is 42.5 Å². The molecule has 2 aliphatic heterocycles. The van der Waals surface area contributed by atoms with E-state index in [2.05, 4.69) is 17.0 Å². The van der Waals surface area contributed by atoms with Crippen LogP contribution in [0.4, 0.5) is 0 Å². The molecule has 170 valence electrons. The molecule has 6 nitrogen and oxygen atoms in total. The van der Waals surface area contributed by atoms with E-state index in [-0.39, 0.29) is 17.9 Å². The molecule has 2 aromatic carbocycles. The van der Waals surface area contributed by atoms with Crippen molar-refractivity contribution in [1.82, 2.24) is 14.7 Å². The van der Waals surface area contributed by atoms with Crippen LogP contribution in [0.3, 0.4) is 0 Å². The number of ether oxygens (including phenoxy) is 1. The lowest BCUT2D eigenvalue weighted by atomic mass is 10.1. The summed E-state index contributed by atoms with van der Waals surface area (Å²) in [7, 11) is 1.66. The van der Waals surface area contributed by atoms with Gasteiger partial charge in [0.1, 0.15) is 5.75 Å². The highest BCUT2D eigenvalue weighted by atomic mass is 16.5. The van der Waals surface area contributed by atoms with Crippen LogP contribution in [-0.2, 0) is 22.6 Å². The van der Waals surface area contributed by atoms with Crippen LogP contribution >= 0.6 is 0 Å². The van der Waals surface area contributed by atoms with Gasteiger partial charge in [-0.1, -0.05) is 42.5 Å². The van der Waals surface area contributed by atoms with Crippen molar-refractivity contribution in [3.63, 3.8) is 0 Å². The Labute approximate surface area is 190 Å². The molecule has 0 bridgehead atoms. The quantitative estimate of drug-likeness (QED) is 0.671. The van der Waals surface area contributed by atoms with Crippen LogP contribution in [0.25, 0.3) is 0 Å². The summed E-state index contributed by atoms with van der Waals surface area (Å²) in [5.41, 5.74) is 2.29. The molecule has 2 heterocycles. The molecule has 6 heteroatoms. The van der Waals surface area contributed by atoms with Crippen LogP contribution in [0.2, 0.25) is 0 Å². The van der Waals surface area contributed by atoms with Crippen LogP contribution in [0, 0.1) is 0 Å². The normalized spacial score (nSPS) is 19.8. The minimum absolute atomic E-state index is 0.0504. The van der Waals surface area contributed by atoms with Crippen molar-refractivity contribution in [3.8, 4) is 5.75 Å². The van der Waals surface area contributed by atoms with E-state index in [9.17, 15) is 9.59 Å². The summed E-state index contributed by atoms with van der Waals surface area (Å²) in [6.07, 6.45) is 3.00. The van der Waals surface area contributed by atoms with Gasteiger partial charge in [0.25, 0.3) is 0 Å². The van der Waals surface area contributed by atoms with Crippen LogP contribution in [0.15, 0.2) is 54.6 Å². The summed E-state index contributed by atoms with van der Waals surface area (Å²) in [4.78, 5) is 32.1. The van der Waals surface area contributed by atoms with Gasteiger partial charge in [-0.15, -0.1) is 0 Å². The maximum atomic E-state index is 13.0. The Balaban J connectivity index is 1.27. The molecule has 1 unspecified atom stereocenters. The van der Waals surface area contributed by atoms with Crippen molar-refractivity contribution >= 4 is 11.8 Å². The van der Waals surface area contributed by atoms with Gasteiger partial charge in [0.05, 0.1) is 13.2 Å². The average molecular weight is 436 g/mol. The van der Waals surface area contributed by atoms with Gasteiger partial charge in [-0.2, -0.15) is 0 Å². The molecular formula is C26H33N3O3. The van der Waals surface area contributed by atoms with Crippen LogP contribution in [0.5, 0.6) is 5.75 Å². The highest BCUT2D eigenvalue weighted by Gasteiger charge is 2.36. The minimum atomic E-state index is -0.0504. The molecule has 0 aliphatic carbocycles. The molecule has 0 aromatic heterocycles. The Morgan fingerprint density at radius 1 is 0.969 bits per heavy atom. The molecule has 4 rings (SSSR count). The first-order valence-electron chi connectivity index (χ1n) is 11.6. The Hall–Kier alpha value is -2.86. The second-order valence-electron chi connectivity index (χ2n) is 8.67. The summed E-state index contributed by atoms with van der Waals surface area (Å²) in [5, 5.41) is 0. The molecule has 2 aliphatic rings. The van der Waals surface area contributed by atoms with Crippen LogP contribution in [-0.4, -0.2) is 72.4 Å². The summed E-state index contributed by atoms with van der Waals surface area (Å²) < 4.78 is 5.27. The van der Waals surface area contributed by atoms with E-state index >= 15 is 0 Å². The molecular weight excluding hydrogens is 402 g/mol. The number of carbonyl (C=O) groups excluding carboxylic acids is 2. The Morgan fingerprint density at radius 2 is 1.78 bits per heavy atom. The van der Waals surface area contributed by atoms with E-state index < -0.39 is 0 Å². The first-order valence-corrected chi connectivity index (χ1v) is 11.6. The molecule has 0 radical (unpaired) electrons. The number of methoxy groups -OCH3 is 1. The summed E-state index contributed by atoms with van der Waals surface area (Å²) in [6.45, 7) is 4.58. The monoisotopic (exact) mass is 435 g/mol. The predicted octanol–water partition coefficient (Wildman–Crippen LogP) is 2.96. The standard InChI is InChI=1S/C26H33N3O3/c1-32-23-10-5-9-21(19-23)11-12-25(30)28-15-6-14-27(17-18-28)24-13-16-29(26(24)31)20-22-7-3-2-4-8-22/h2-5,7-10,19,24H,6,11-18,20H2,1H3. The fraction of sp³-hybridized carbons (Fsp3) is 0.462. The molecule has 2 aromatic rings. The number of amides is 2. The zero-order valence-corrected chi connectivity index (χ0v) is 18.9. The topological polar surface area (TPSA) is 53.1 Å². The smallest absolute Gasteiger partial charge is 0.240 e. The van der Waals surface area contributed by atoms with Crippen LogP contribution < -0.4 is 4.74 Å². The summed E-state index contributed by atoms with van der Waals surface area (Å²) in [5.74, 6) is 1.24. The van der Waals surface area contributed by atoms with Gasteiger partial charge in [-0.25, -0.2) is 0 Å². The van der Waals surface area contributed by atoms with E-state index in [0.29, 0.717) is 25.9 Å². The maximum absolute atomic E-state index is 13.0. The number of benzene rings is 2. The number of hydrogen-bond donors (Lipinski definition) is 0. The van der Waals surface area contributed by atoms with Crippen molar-refractivity contribution in [2.45, 2.75) is 38.3 Å². The lowest BCUT2D eigenvalue weighted by molar-refractivity contribution is -0.132. The number of aryl methyl sites for hydroxylation is 1.